The molecule has 0 radical (unpaired) electrons. The second-order valence-electron chi connectivity index (χ2n) is 4.05. The van der Waals surface area contributed by atoms with Crippen molar-refractivity contribution in [3.63, 3.8) is 0 Å². The van der Waals surface area contributed by atoms with Gasteiger partial charge in [0.05, 0.1) is 12.6 Å². The molecule has 2 heterocycles. The summed E-state index contributed by atoms with van der Waals surface area (Å²) in [6, 6.07) is 2.20. The van der Waals surface area contributed by atoms with Gasteiger partial charge >= 0.3 is 0 Å². The molecule has 1 spiro atoms. The number of nitrogens with one attached hydrogen (secondary N) is 1. The largest absolute Gasteiger partial charge is 0.317 e. The van der Waals surface area contributed by atoms with Crippen LogP contribution >= 0.6 is 0 Å². The Morgan fingerprint density at radius 2 is 2.00 bits per heavy atom. The molecular weight excluding hydrogens is 150 g/mol. The van der Waals surface area contributed by atoms with Crippen LogP contribution in [0.2, 0.25) is 0 Å². The normalized spacial score (nSPS) is 27.9. The van der Waals surface area contributed by atoms with Crippen LogP contribution in [0.5, 0.6) is 0 Å². The minimum Gasteiger partial charge on any atom is -0.317 e. The fourth-order valence-corrected chi connectivity index (χ4v) is 2.39. The van der Waals surface area contributed by atoms with Crippen molar-refractivity contribution in [1.29, 1.82) is 5.26 Å². The van der Waals surface area contributed by atoms with E-state index in [9.17, 15) is 0 Å². The lowest BCUT2D eigenvalue weighted by molar-refractivity contribution is -0.0133. The van der Waals surface area contributed by atoms with Crippen LogP contribution in [-0.2, 0) is 0 Å². The number of hydrogen-bond donors (Lipinski definition) is 1. The summed E-state index contributed by atoms with van der Waals surface area (Å²) in [6.07, 6.45) is 2.60. The van der Waals surface area contributed by atoms with E-state index in [1.54, 1.807) is 0 Å². The molecule has 66 valence electrons. The highest BCUT2D eigenvalue weighted by Gasteiger charge is 2.42. The maximum absolute atomic E-state index is 8.48. The van der Waals surface area contributed by atoms with E-state index in [1.165, 1.54) is 25.9 Å². The summed E-state index contributed by atoms with van der Waals surface area (Å²) in [4.78, 5) is 2.24. The zero-order valence-electron chi connectivity index (χ0n) is 7.34. The van der Waals surface area contributed by atoms with Crippen molar-refractivity contribution in [2.24, 2.45) is 5.41 Å². The second kappa shape index (κ2) is 3.04. The maximum atomic E-state index is 8.48. The van der Waals surface area contributed by atoms with E-state index in [0.717, 1.165) is 13.1 Å². The molecule has 0 aliphatic carbocycles. The molecule has 2 aliphatic rings. The molecule has 0 aromatic rings. The molecule has 3 heteroatoms. The average molecular weight is 165 g/mol. The summed E-state index contributed by atoms with van der Waals surface area (Å²) in [6.45, 7) is 5.26. The van der Waals surface area contributed by atoms with Gasteiger partial charge in [0.15, 0.2) is 0 Å². The van der Waals surface area contributed by atoms with Crippen LogP contribution in [-0.4, -0.2) is 37.6 Å². The van der Waals surface area contributed by atoms with E-state index in [1.807, 2.05) is 0 Å². The minimum absolute atomic E-state index is 0.585. The molecule has 3 nitrogen and oxygen atoms in total. The lowest BCUT2D eigenvalue weighted by atomic mass is 9.72. The van der Waals surface area contributed by atoms with Crippen molar-refractivity contribution in [2.75, 3.05) is 32.7 Å². The van der Waals surface area contributed by atoms with Gasteiger partial charge in [0.2, 0.25) is 0 Å². The van der Waals surface area contributed by atoms with Gasteiger partial charge in [0.1, 0.15) is 0 Å². The van der Waals surface area contributed by atoms with E-state index in [0.29, 0.717) is 12.0 Å². The van der Waals surface area contributed by atoms with Crippen LogP contribution in [0.4, 0.5) is 0 Å². The molecule has 2 rings (SSSR count). The van der Waals surface area contributed by atoms with E-state index >= 15 is 0 Å². The summed E-state index contributed by atoms with van der Waals surface area (Å²) in [5.74, 6) is 0. The number of piperidine rings is 1. The van der Waals surface area contributed by atoms with Crippen molar-refractivity contribution in [3.05, 3.63) is 0 Å². The molecular formula is C9H15N3. The monoisotopic (exact) mass is 165 g/mol. The van der Waals surface area contributed by atoms with Crippen LogP contribution in [0, 0.1) is 16.7 Å². The van der Waals surface area contributed by atoms with Gasteiger partial charge in [-0.25, -0.2) is 0 Å². The third kappa shape index (κ3) is 1.33. The van der Waals surface area contributed by atoms with E-state index in [-0.39, 0.29) is 0 Å². The molecule has 0 atom stereocenters. The number of nitrogens with zero attached hydrogens (tertiary/aromatic N) is 2. The summed E-state index contributed by atoms with van der Waals surface area (Å²) in [7, 11) is 0. The first-order valence-corrected chi connectivity index (χ1v) is 4.65. The third-order valence-corrected chi connectivity index (χ3v) is 3.08. The van der Waals surface area contributed by atoms with Gasteiger partial charge in [-0.05, 0) is 31.3 Å². The molecule has 2 fully saturated rings. The standard InChI is InChI=1S/C9H15N3/c10-3-6-12-7-9(8-12)1-4-11-5-2-9/h11H,1-2,4-8H2. The predicted octanol–water partition coefficient (Wildman–Crippen LogP) is 0.195. The van der Waals surface area contributed by atoms with Gasteiger partial charge in [-0.2, -0.15) is 5.26 Å². The highest BCUT2D eigenvalue weighted by Crippen LogP contribution is 2.37. The van der Waals surface area contributed by atoms with E-state index < -0.39 is 0 Å². The third-order valence-electron chi connectivity index (χ3n) is 3.08. The molecule has 12 heavy (non-hydrogen) atoms. The SMILES string of the molecule is N#CCN1CC2(CCNCC2)C1. The van der Waals surface area contributed by atoms with Crippen LogP contribution in [0.15, 0.2) is 0 Å². The lowest BCUT2D eigenvalue weighted by Gasteiger charge is -2.51. The lowest BCUT2D eigenvalue weighted by Crippen LogP contribution is -2.59. The van der Waals surface area contributed by atoms with Crippen molar-refractivity contribution in [3.8, 4) is 6.07 Å². The predicted molar refractivity (Wildman–Crippen MR) is 46.6 cm³/mol. The number of likely N-dealkylation sites (tertiary alicyclic amines) is 1. The van der Waals surface area contributed by atoms with Crippen molar-refractivity contribution < 1.29 is 0 Å². The zero-order chi connectivity index (χ0) is 8.44. The Hall–Kier alpha value is -0.590. The molecule has 0 aromatic carbocycles. The van der Waals surface area contributed by atoms with Gasteiger partial charge in [-0.15, -0.1) is 0 Å². The number of hydrogen-bond acceptors (Lipinski definition) is 3. The first kappa shape index (κ1) is 8.03. The van der Waals surface area contributed by atoms with E-state index in [4.69, 9.17) is 5.26 Å². The Balaban J connectivity index is 1.81. The molecule has 0 saturated carbocycles. The average Bonchev–Trinajstić information content (AvgIpc) is 2.04. The van der Waals surface area contributed by atoms with Gasteiger partial charge in [-0.3, -0.25) is 4.90 Å². The highest BCUT2D eigenvalue weighted by atomic mass is 15.2. The van der Waals surface area contributed by atoms with Crippen molar-refractivity contribution in [2.45, 2.75) is 12.8 Å². The van der Waals surface area contributed by atoms with Crippen LogP contribution in [0.1, 0.15) is 12.8 Å². The van der Waals surface area contributed by atoms with Crippen LogP contribution in [0.25, 0.3) is 0 Å². The molecule has 0 amide bonds. The minimum atomic E-state index is 0.585. The Kier molecular flexibility index (Phi) is 2.03. The Bertz CT molecular complexity index is 192. The highest BCUT2D eigenvalue weighted by molar-refractivity contribution is 4.99. The maximum Gasteiger partial charge on any atom is 0.0866 e. The van der Waals surface area contributed by atoms with Gasteiger partial charge in [-0.1, -0.05) is 0 Å². The van der Waals surface area contributed by atoms with Gasteiger partial charge in [0.25, 0.3) is 0 Å². The Labute approximate surface area is 73.3 Å². The second-order valence-corrected chi connectivity index (χ2v) is 4.05. The van der Waals surface area contributed by atoms with Crippen LogP contribution in [0.3, 0.4) is 0 Å². The van der Waals surface area contributed by atoms with Crippen LogP contribution < -0.4 is 5.32 Å². The molecule has 2 aliphatic heterocycles. The smallest absolute Gasteiger partial charge is 0.0866 e. The summed E-state index contributed by atoms with van der Waals surface area (Å²) in [5.41, 5.74) is 0.585. The topological polar surface area (TPSA) is 39.1 Å². The molecule has 0 unspecified atom stereocenters. The molecule has 1 N–H and O–H groups in total. The fraction of sp³-hybridized carbons (Fsp3) is 0.889. The molecule has 0 bridgehead atoms. The molecule has 0 aromatic heterocycles. The Morgan fingerprint density at radius 1 is 1.33 bits per heavy atom. The summed E-state index contributed by atoms with van der Waals surface area (Å²) in [5, 5.41) is 11.9. The quantitative estimate of drug-likeness (QED) is 0.564. The number of rotatable bonds is 1. The summed E-state index contributed by atoms with van der Waals surface area (Å²) < 4.78 is 0. The fourth-order valence-electron chi connectivity index (χ4n) is 2.39. The van der Waals surface area contributed by atoms with Crippen molar-refractivity contribution >= 4 is 0 Å². The zero-order valence-corrected chi connectivity index (χ0v) is 7.34. The van der Waals surface area contributed by atoms with Gasteiger partial charge in [0, 0.05) is 13.1 Å². The summed E-state index contributed by atoms with van der Waals surface area (Å²) >= 11 is 0. The van der Waals surface area contributed by atoms with Crippen molar-refractivity contribution in [1.82, 2.24) is 10.2 Å². The van der Waals surface area contributed by atoms with E-state index in [2.05, 4.69) is 16.3 Å². The Morgan fingerprint density at radius 3 is 2.58 bits per heavy atom. The first-order chi connectivity index (χ1) is 5.85. The number of nitriles is 1. The first-order valence-electron chi connectivity index (χ1n) is 4.65. The van der Waals surface area contributed by atoms with Gasteiger partial charge < -0.3 is 5.32 Å². The molecule has 2 saturated heterocycles.